The maximum Gasteiger partial charge on any atom is 0.260 e. The van der Waals surface area contributed by atoms with Gasteiger partial charge in [0.25, 0.3) is 10.0 Å². The van der Waals surface area contributed by atoms with Crippen molar-refractivity contribution in [3.63, 3.8) is 0 Å². The van der Waals surface area contributed by atoms with Crippen LogP contribution in [0.2, 0.25) is 0 Å². The first-order valence-corrected chi connectivity index (χ1v) is 9.88. The van der Waals surface area contributed by atoms with E-state index in [1.54, 1.807) is 29.0 Å². The van der Waals surface area contributed by atoms with Crippen LogP contribution < -0.4 is 4.72 Å². The molecule has 8 heteroatoms. The second-order valence-corrected chi connectivity index (χ2v) is 8.43. The molecule has 0 radical (unpaired) electrons. The van der Waals surface area contributed by atoms with Crippen LogP contribution in [0, 0.1) is 0 Å². The van der Waals surface area contributed by atoms with Crippen LogP contribution in [0.3, 0.4) is 0 Å². The number of rotatable bonds is 6. The summed E-state index contributed by atoms with van der Waals surface area (Å²) in [7, 11) is -1.88. The van der Waals surface area contributed by atoms with E-state index in [4.69, 9.17) is 4.42 Å². The fourth-order valence-corrected chi connectivity index (χ4v) is 4.06. The lowest BCUT2D eigenvalue weighted by Gasteiger charge is -2.03. The summed E-state index contributed by atoms with van der Waals surface area (Å²) in [4.78, 5) is 5.23. The highest BCUT2D eigenvalue weighted by Gasteiger charge is 2.21. The summed E-state index contributed by atoms with van der Waals surface area (Å²) in [5, 5.41) is 1.99. The van der Waals surface area contributed by atoms with Crippen LogP contribution in [0.15, 0.2) is 45.3 Å². The Kier molecular flexibility index (Phi) is 4.62. The molecule has 3 aromatic rings. The van der Waals surface area contributed by atoms with Gasteiger partial charge in [-0.05, 0) is 23.6 Å². The van der Waals surface area contributed by atoms with E-state index in [0.717, 1.165) is 16.5 Å². The van der Waals surface area contributed by atoms with Gasteiger partial charge in [0, 0.05) is 19.2 Å². The third kappa shape index (κ3) is 3.45. The molecule has 128 valence electrons. The molecule has 0 aliphatic heterocycles. The number of nitrogens with zero attached hydrogens (tertiary/aromatic N) is 2. The van der Waals surface area contributed by atoms with Gasteiger partial charge in [-0.3, -0.25) is 0 Å². The van der Waals surface area contributed by atoms with Gasteiger partial charge < -0.3 is 8.98 Å². The fraction of sp³-hybridized carbons (Fsp3) is 0.312. The van der Waals surface area contributed by atoms with Crippen LogP contribution in [-0.2, 0) is 23.6 Å². The molecule has 0 spiro atoms. The Balaban J connectivity index is 1.73. The topological polar surface area (TPSA) is 77.1 Å². The average Bonchev–Trinajstić information content (AvgIpc) is 3.25. The van der Waals surface area contributed by atoms with Crippen molar-refractivity contribution in [2.24, 2.45) is 7.05 Å². The van der Waals surface area contributed by atoms with E-state index in [9.17, 15) is 8.42 Å². The molecule has 6 nitrogen and oxygen atoms in total. The minimum absolute atomic E-state index is 0.0266. The zero-order chi connectivity index (χ0) is 17.3. The van der Waals surface area contributed by atoms with Gasteiger partial charge in [-0.1, -0.05) is 19.9 Å². The Morgan fingerprint density at radius 2 is 2.12 bits per heavy atom. The molecule has 1 N–H and O–H groups in total. The summed E-state index contributed by atoms with van der Waals surface area (Å²) >= 11 is 1.57. The van der Waals surface area contributed by atoms with Gasteiger partial charge in [-0.2, -0.15) is 0 Å². The Hall–Kier alpha value is -1.90. The highest BCUT2D eigenvalue weighted by molar-refractivity contribution is 7.89. The summed E-state index contributed by atoms with van der Waals surface area (Å²) in [6.07, 6.45) is 1.52. The molecule has 0 aliphatic rings. The molecule has 3 rings (SSSR count). The quantitative estimate of drug-likeness (QED) is 0.727. The third-order valence-electron chi connectivity index (χ3n) is 3.54. The average molecular weight is 365 g/mol. The maximum atomic E-state index is 12.4. The molecule has 3 heterocycles. The summed E-state index contributed by atoms with van der Waals surface area (Å²) in [5.74, 6) is 2.17. The Morgan fingerprint density at radius 3 is 2.75 bits per heavy atom. The van der Waals surface area contributed by atoms with Crippen molar-refractivity contribution >= 4 is 21.4 Å². The number of sulfonamides is 1. The SMILES string of the molecule is CC(C)c1nc(S(=O)(=O)NCc2ccc(-c3cccs3)o2)cn1C. The molecule has 24 heavy (non-hydrogen) atoms. The summed E-state index contributed by atoms with van der Waals surface area (Å²) in [6, 6.07) is 7.51. The van der Waals surface area contributed by atoms with E-state index in [-0.39, 0.29) is 17.5 Å². The molecule has 0 aromatic carbocycles. The predicted octanol–water partition coefficient (Wildman–Crippen LogP) is 3.34. The van der Waals surface area contributed by atoms with Crippen LogP contribution >= 0.6 is 11.3 Å². The molecule has 0 atom stereocenters. The molecule has 0 unspecified atom stereocenters. The number of furan rings is 1. The monoisotopic (exact) mass is 365 g/mol. The van der Waals surface area contributed by atoms with Crippen molar-refractivity contribution in [2.75, 3.05) is 0 Å². The van der Waals surface area contributed by atoms with Crippen LogP contribution in [0.4, 0.5) is 0 Å². The molecular formula is C16H19N3O3S2. The van der Waals surface area contributed by atoms with Gasteiger partial charge >= 0.3 is 0 Å². The van der Waals surface area contributed by atoms with Crippen molar-refractivity contribution in [3.05, 3.63) is 47.4 Å². The molecule has 0 aliphatic carbocycles. The largest absolute Gasteiger partial charge is 0.459 e. The smallest absolute Gasteiger partial charge is 0.260 e. The second-order valence-electron chi connectivity index (χ2n) is 5.77. The molecule has 0 fully saturated rings. The molecular weight excluding hydrogens is 346 g/mol. The number of hydrogen-bond acceptors (Lipinski definition) is 5. The first-order chi connectivity index (χ1) is 11.4. The third-order valence-corrected chi connectivity index (χ3v) is 5.70. The normalized spacial score (nSPS) is 12.2. The van der Waals surface area contributed by atoms with Crippen molar-refractivity contribution in [1.82, 2.24) is 14.3 Å². The summed E-state index contributed by atoms with van der Waals surface area (Å²) in [6.45, 7) is 4.03. The first kappa shape index (κ1) is 16.9. The van der Waals surface area contributed by atoms with Crippen LogP contribution in [0.25, 0.3) is 10.6 Å². The highest BCUT2D eigenvalue weighted by atomic mass is 32.2. The van der Waals surface area contributed by atoms with E-state index >= 15 is 0 Å². The van der Waals surface area contributed by atoms with E-state index in [1.807, 2.05) is 37.4 Å². The molecule has 0 saturated carbocycles. The van der Waals surface area contributed by atoms with Gasteiger partial charge in [-0.15, -0.1) is 11.3 Å². The zero-order valence-corrected chi connectivity index (χ0v) is 15.3. The predicted molar refractivity (Wildman–Crippen MR) is 93.3 cm³/mol. The number of aromatic nitrogens is 2. The number of thiophene rings is 1. The van der Waals surface area contributed by atoms with E-state index in [0.29, 0.717) is 5.76 Å². The van der Waals surface area contributed by atoms with Crippen LogP contribution in [-0.4, -0.2) is 18.0 Å². The standard InChI is InChI=1S/C16H19N3O3S2/c1-11(2)16-18-15(10-19(16)3)24(20,21)17-9-12-6-7-13(22-12)14-5-4-8-23-14/h4-8,10-11,17H,9H2,1-3H3. The molecule has 0 amide bonds. The summed E-state index contributed by atoms with van der Waals surface area (Å²) in [5.41, 5.74) is 0. The zero-order valence-electron chi connectivity index (χ0n) is 13.7. The van der Waals surface area contributed by atoms with Crippen LogP contribution in [0.1, 0.15) is 31.4 Å². The van der Waals surface area contributed by atoms with E-state index in [2.05, 4.69) is 9.71 Å². The minimum atomic E-state index is -3.68. The molecule has 3 aromatic heterocycles. The van der Waals surface area contributed by atoms with Gasteiger partial charge in [0.2, 0.25) is 0 Å². The minimum Gasteiger partial charge on any atom is -0.459 e. The van der Waals surface area contributed by atoms with E-state index in [1.165, 1.54) is 6.20 Å². The fourth-order valence-electron chi connectivity index (χ4n) is 2.38. The highest BCUT2D eigenvalue weighted by Crippen LogP contribution is 2.26. The number of aryl methyl sites for hydroxylation is 1. The molecule has 0 bridgehead atoms. The van der Waals surface area contributed by atoms with Crippen LogP contribution in [0.5, 0.6) is 0 Å². The first-order valence-electron chi connectivity index (χ1n) is 7.52. The summed E-state index contributed by atoms with van der Waals surface area (Å²) < 4.78 is 34.8. The van der Waals surface area contributed by atoms with Gasteiger partial charge in [-0.25, -0.2) is 18.1 Å². The number of imidazole rings is 1. The van der Waals surface area contributed by atoms with Crippen molar-refractivity contribution in [2.45, 2.75) is 31.3 Å². The van der Waals surface area contributed by atoms with E-state index < -0.39 is 10.0 Å². The Morgan fingerprint density at radius 1 is 1.33 bits per heavy atom. The number of nitrogens with one attached hydrogen (secondary N) is 1. The number of hydrogen-bond donors (Lipinski definition) is 1. The Bertz CT molecular complexity index is 922. The van der Waals surface area contributed by atoms with Crippen molar-refractivity contribution in [3.8, 4) is 10.6 Å². The van der Waals surface area contributed by atoms with Gasteiger partial charge in [0.05, 0.1) is 11.4 Å². The van der Waals surface area contributed by atoms with Crippen molar-refractivity contribution in [1.29, 1.82) is 0 Å². The molecule has 0 saturated heterocycles. The van der Waals surface area contributed by atoms with Crippen molar-refractivity contribution < 1.29 is 12.8 Å². The lowest BCUT2D eigenvalue weighted by molar-refractivity contribution is 0.509. The lowest BCUT2D eigenvalue weighted by Crippen LogP contribution is -2.23. The van der Waals surface area contributed by atoms with Gasteiger partial charge in [0.15, 0.2) is 5.03 Å². The van der Waals surface area contributed by atoms with Gasteiger partial charge in [0.1, 0.15) is 17.3 Å². The lowest BCUT2D eigenvalue weighted by atomic mass is 10.2. The Labute approximate surface area is 145 Å². The maximum absolute atomic E-state index is 12.4. The second kappa shape index (κ2) is 6.54.